The van der Waals surface area contributed by atoms with E-state index in [1.54, 1.807) is 14.2 Å². The van der Waals surface area contributed by atoms with Gasteiger partial charge in [0.25, 0.3) is 0 Å². The van der Waals surface area contributed by atoms with Crippen LogP contribution in [-0.4, -0.2) is 56.6 Å². The molecule has 0 aliphatic carbocycles. The summed E-state index contributed by atoms with van der Waals surface area (Å²) in [6.45, 7) is 12.9. The summed E-state index contributed by atoms with van der Waals surface area (Å²) < 4.78 is 20.8. The normalized spacial score (nSPS) is 13.8. The van der Waals surface area contributed by atoms with Crippen molar-refractivity contribution in [2.24, 2.45) is 0 Å². The highest BCUT2D eigenvalue weighted by molar-refractivity contribution is 5.87. The fourth-order valence-electron chi connectivity index (χ4n) is 4.78. The van der Waals surface area contributed by atoms with Crippen molar-refractivity contribution in [2.45, 2.75) is 47.1 Å². The van der Waals surface area contributed by atoms with Gasteiger partial charge < -0.3 is 23.9 Å². The number of aryl methyl sites for hydroxylation is 2. The molecule has 1 aliphatic rings. The number of rotatable bonds is 7. The number of benzene rings is 3. The molecule has 0 radical (unpaired) electrons. The van der Waals surface area contributed by atoms with E-state index < -0.39 is 0 Å². The molecule has 1 unspecified atom stereocenters. The molecule has 7 nitrogen and oxygen atoms in total. The van der Waals surface area contributed by atoms with Crippen LogP contribution in [0.25, 0.3) is 10.9 Å². The minimum absolute atomic E-state index is 0.268. The van der Waals surface area contributed by atoms with Gasteiger partial charge in [0.2, 0.25) is 0 Å². The Labute approximate surface area is 244 Å². The Morgan fingerprint density at radius 1 is 0.902 bits per heavy atom. The summed E-state index contributed by atoms with van der Waals surface area (Å²) in [5.41, 5.74) is 6.76. The number of amides is 1. The van der Waals surface area contributed by atoms with Crippen LogP contribution < -0.4 is 9.47 Å². The van der Waals surface area contributed by atoms with Crippen molar-refractivity contribution in [3.05, 3.63) is 94.7 Å². The van der Waals surface area contributed by atoms with Crippen LogP contribution in [0.4, 0.5) is 4.79 Å². The highest BCUT2D eigenvalue weighted by atomic mass is 16.6. The number of fused-ring (bicyclic) bond motifs is 3. The van der Waals surface area contributed by atoms with Crippen LogP contribution in [-0.2, 0) is 15.9 Å². The van der Waals surface area contributed by atoms with Crippen LogP contribution in [0.15, 0.2) is 66.7 Å². The third-order valence-corrected chi connectivity index (χ3v) is 6.81. The van der Waals surface area contributed by atoms with Gasteiger partial charge >= 0.3 is 6.09 Å². The van der Waals surface area contributed by atoms with Crippen molar-refractivity contribution < 1.29 is 23.7 Å². The molecule has 1 N–H and O–H groups in total. The molecule has 3 aromatic carbocycles. The van der Waals surface area contributed by atoms with E-state index in [9.17, 15) is 4.79 Å². The lowest BCUT2D eigenvalue weighted by Crippen LogP contribution is -2.42. The number of carbonyl (C=O) groups is 1. The SMILES string of the molecule is CC.CCOCCOC.COc1ccc(C2c3[nH]c4ccc(C)cc4c3CCN2C(=O)Oc2ccc(C)cc2)cc1. The molecule has 0 saturated carbocycles. The Kier molecular flexibility index (Phi) is 12.3. The maximum Gasteiger partial charge on any atom is 0.416 e. The van der Waals surface area contributed by atoms with Crippen molar-refractivity contribution in [3.8, 4) is 11.5 Å². The fraction of sp³-hybridized carbons (Fsp3) is 0.382. The van der Waals surface area contributed by atoms with Crippen molar-refractivity contribution in [1.82, 2.24) is 9.88 Å². The highest BCUT2D eigenvalue weighted by Gasteiger charge is 2.35. The fourth-order valence-corrected chi connectivity index (χ4v) is 4.78. The number of hydrogen-bond acceptors (Lipinski definition) is 5. The number of hydrogen-bond donors (Lipinski definition) is 1. The van der Waals surface area contributed by atoms with E-state index in [2.05, 4.69) is 30.1 Å². The molecule has 5 rings (SSSR count). The second kappa shape index (κ2) is 15.8. The monoisotopic (exact) mass is 560 g/mol. The number of nitrogens with zero attached hydrogens (tertiary/aromatic N) is 1. The van der Waals surface area contributed by atoms with Crippen LogP contribution in [0.1, 0.15) is 54.8 Å². The number of ether oxygens (including phenoxy) is 4. The Bertz CT molecular complexity index is 1360. The van der Waals surface area contributed by atoms with Crippen molar-refractivity contribution >= 4 is 17.0 Å². The average Bonchev–Trinajstić information content (AvgIpc) is 3.37. The lowest BCUT2D eigenvalue weighted by atomic mass is 9.92. The predicted octanol–water partition coefficient (Wildman–Crippen LogP) is 7.64. The first-order valence-electron chi connectivity index (χ1n) is 14.3. The van der Waals surface area contributed by atoms with Gasteiger partial charge in [0.1, 0.15) is 17.5 Å². The van der Waals surface area contributed by atoms with Gasteiger partial charge in [-0.25, -0.2) is 4.79 Å². The smallest absolute Gasteiger partial charge is 0.416 e. The lowest BCUT2D eigenvalue weighted by Gasteiger charge is -2.35. The maximum absolute atomic E-state index is 13.3. The second-order valence-corrected chi connectivity index (χ2v) is 9.56. The molecule has 2 heterocycles. The molecule has 1 aromatic heterocycles. The van der Waals surface area contributed by atoms with Gasteiger partial charge in [-0.3, -0.25) is 4.90 Å². The Morgan fingerprint density at radius 2 is 1.56 bits per heavy atom. The summed E-state index contributed by atoms with van der Waals surface area (Å²) in [6, 6.07) is 21.6. The van der Waals surface area contributed by atoms with Crippen LogP contribution in [0.2, 0.25) is 0 Å². The molecule has 1 atom stereocenters. The molecular weight excluding hydrogens is 516 g/mol. The third kappa shape index (κ3) is 8.12. The summed E-state index contributed by atoms with van der Waals surface area (Å²) >= 11 is 0. The van der Waals surface area contributed by atoms with E-state index in [-0.39, 0.29) is 12.1 Å². The van der Waals surface area contributed by atoms with Gasteiger partial charge in [0.05, 0.1) is 20.3 Å². The first-order valence-corrected chi connectivity index (χ1v) is 14.3. The average molecular weight is 561 g/mol. The first kappa shape index (κ1) is 31.7. The summed E-state index contributed by atoms with van der Waals surface area (Å²) in [4.78, 5) is 18.7. The van der Waals surface area contributed by atoms with Crippen molar-refractivity contribution in [3.63, 3.8) is 0 Å². The van der Waals surface area contributed by atoms with E-state index in [1.807, 2.05) is 81.1 Å². The van der Waals surface area contributed by atoms with Gasteiger partial charge in [-0.2, -0.15) is 0 Å². The lowest BCUT2D eigenvalue weighted by molar-refractivity contribution is 0.0777. The number of aromatic nitrogens is 1. The van der Waals surface area contributed by atoms with Gasteiger partial charge in [0, 0.05) is 36.9 Å². The van der Waals surface area contributed by atoms with Crippen LogP contribution in [0.3, 0.4) is 0 Å². The summed E-state index contributed by atoms with van der Waals surface area (Å²) in [7, 11) is 3.32. The summed E-state index contributed by atoms with van der Waals surface area (Å²) in [5, 5.41) is 1.23. The first-order chi connectivity index (χ1) is 19.9. The second-order valence-electron chi connectivity index (χ2n) is 9.56. The predicted molar refractivity (Wildman–Crippen MR) is 165 cm³/mol. The molecule has 0 spiro atoms. The van der Waals surface area contributed by atoms with Crippen LogP contribution >= 0.6 is 0 Å². The van der Waals surface area contributed by atoms with Crippen molar-refractivity contribution in [2.75, 3.05) is 40.6 Å². The van der Waals surface area contributed by atoms with Crippen LogP contribution in [0, 0.1) is 13.8 Å². The third-order valence-electron chi connectivity index (χ3n) is 6.81. The van der Waals surface area contributed by atoms with Gasteiger partial charge in [-0.05, 0) is 74.7 Å². The highest BCUT2D eigenvalue weighted by Crippen LogP contribution is 2.39. The maximum atomic E-state index is 13.3. The quantitative estimate of drug-likeness (QED) is 0.235. The zero-order valence-corrected chi connectivity index (χ0v) is 25.5. The molecular formula is C34H44N2O5. The number of nitrogens with one attached hydrogen (secondary N) is 1. The molecule has 7 heteroatoms. The Morgan fingerprint density at radius 3 is 2.20 bits per heavy atom. The standard InChI is InChI=1S/C27H26N2O3.C5H12O2.C2H6/c1-17-4-9-21(10-5-17)32-27(30)29-15-14-22-23-16-18(2)6-13-24(23)28-25(22)26(29)19-7-11-20(31-3)12-8-19;1-3-7-5-4-6-2;1-2/h4-13,16,26,28H,14-15H2,1-3H3;3-5H2,1-2H3;1-2H3. The minimum Gasteiger partial charge on any atom is -0.497 e. The molecule has 220 valence electrons. The minimum atomic E-state index is -0.352. The van der Waals surface area contributed by atoms with Gasteiger partial charge in [-0.15, -0.1) is 0 Å². The van der Waals surface area contributed by atoms with Crippen LogP contribution in [0.5, 0.6) is 11.5 Å². The van der Waals surface area contributed by atoms with Crippen molar-refractivity contribution in [1.29, 1.82) is 0 Å². The molecule has 41 heavy (non-hydrogen) atoms. The molecule has 0 fully saturated rings. The number of aromatic amines is 1. The molecule has 1 amide bonds. The summed E-state index contributed by atoms with van der Waals surface area (Å²) in [6.07, 6.45) is 0.421. The van der Waals surface area contributed by atoms with E-state index in [1.165, 1.54) is 16.5 Å². The number of methoxy groups -OCH3 is 2. The van der Waals surface area contributed by atoms with E-state index >= 15 is 0 Å². The molecule has 4 aromatic rings. The Balaban J connectivity index is 0.000000452. The largest absolute Gasteiger partial charge is 0.497 e. The van der Waals surface area contributed by atoms with Gasteiger partial charge in [-0.1, -0.05) is 55.3 Å². The van der Waals surface area contributed by atoms with E-state index in [0.29, 0.717) is 25.5 Å². The molecule has 0 bridgehead atoms. The number of carbonyl (C=O) groups excluding carboxylic acids is 1. The van der Waals surface area contributed by atoms with E-state index in [0.717, 1.165) is 41.1 Å². The molecule has 1 aliphatic heterocycles. The Hall–Kier alpha value is -3.81. The zero-order chi connectivity index (χ0) is 29.8. The number of H-pyrrole nitrogens is 1. The zero-order valence-electron chi connectivity index (χ0n) is 25.5. The molecule has 0 saturated heterocycles. The van der Waals surface area contributed by atoms with E-state index in [4.69, 9.17) is 18.9 Å². The summed E-state index contributed by atoms with van der Waals surface area (Å²) in [5.74, 6) is 1.33. The topological polar surface area (TPSA) is 73.0 Å². The van der Waals surface area contributed by atoms with Gasteiger partial charge in [0.15, 0.2) is 0 Å².